The number of hydrogen-bond donors (Lipinski definition) is 0. The van der Waals surface area contributed by atoms with Crippen molar-refractivity contribution in [3.63, 3.8) is 0 Å². The van der Waals surface area contributed by atoms with Crippen molar-refractivity contribution >= 4 is 70.4 Å². The van der Waals surface area contributed by atoms with Crippen LogP contribution in [0.1, 0.15) is 4.88 Å². The minimum absolute atomic E-state index is 0. The third-order valence-corrected chi connectivity index (χ3v) is 2.68. The van der Waals surface area contributed by atoms with Crippen molar-refractivity contribution in [1.82, 2.24) is 0 Å². The first-order valence-corrected chi connectivity index (χ1v) is 4.41. The number of hydrogen-bond acceptors (Lipinski definition) is 1. The molecule has 1 unspecified atom stereocenters. The normalized spacial score (nSPS) is 8.70. The second kappa shape index (κ2) is 5.08. The van der Waals surface area contributed by atoms with E-state index < -0.39 is 0 Å². The van der Waals surface area contributed by atoms with Gasteiger partial charge < -0.3 is 0 Å². The molecular weight excluding hydrogens is 284 g/mol. The van der Waals surface area contributed by atoms with Crippen molar-refractivity contribution in [2.45, 2.75) is 6.92 Å². The molecule has 0 bridgehead atoms. The molecule has 1 rings (SSSR count). The van der Waals surface area contributed by atoms with E-state index in [0.29, 0.717) is 0 Å². The van der Waals surface area contributed by atoms with Gasteiger partial charge in [0.2, 0.25) is 0 Å². The van der Waals surface area contributed by atoms with E-state index in [9.17, 15) is 0 Å². The summed E-state index contributed by atoms with van der Waals surface area (Å²) in [5.41, 5.74) is 1.11. The fourth-order valence-corrected chi connectivity index (χ4v) is 2.30. The first-order chi connectivity index (χ1) is 4.24. The van der Waals surface area contributed by atoms with Crippen LogP contribution in [0.15, 0.2) is 6.07 Å². The molecule has 10 heavy (non-hydrogen) atoms. The van der Waals surface area contributed by atoms with Gasteiger partial charge in [0, 0.05) is 4.88 Å². The van der Waals surface area contributed by atoms with Crippen LogP contribution >= 0.6 is 32.1 Å². The molecule has 0 spiro atoms. The van der Waals surface area contributed by atoms with Crippen LogP contribution in [0.2, 0.25) is 4.34 Å². The van der Waals surface area contributed by atoms with Crippen molar-refractivity contribution < 1.29 is 0 Å². The maximum atomic E-state index is 5.82. The zero-order chi connectivity index (χ0) is 6.85. The average molecular weight is 292 g/mol. The summed E-state index contributed by atoms with van der Waals surface area (Å²) in [6, 6.07) is 2.07. The number of halogens is 1. The Labute approximate surface area is 91.9 Å². The molecular formula is C5H8BClInPS. The molecule has 1 atom stereocenters. The van der Waals surface area contributed by atoms with Gasteiger partial charge in [0.1, 0.15) is 0 Å². The third kappa shape index (κ3) is 2.77. The molecule has 0 fully saturated rings. The van der Waals surface area contributed by atoms with E-state index in [4.69, 9.17) is 11.6 Å². The molecule has 52 valence electrons. The Morgan fingerprint density at radius 1 is 1.70 bits per heavy atom. The Kier molecular flexibility index (Phi) is 5.77. The predicted molar refractivity (Wildman–Crippen MR) is 57.7 cm³/mol. The summed E-state index contributed by atoms with van der Waals surface area (Å²) in [6.07, 6.45) is 0. The van der Waals surface area contributed by atoms with E-state index >= 15 is 0 Å². The van der Waals surface area contributed by atoms with Gasteiger partial charge in [-0.2, -0.15) is 9.12 Å². The van der Waals surface area contributed by atoms with Crippen molar-refractivity contribution in [2.75, 3.05) is 0 Å². The van der Waals surface area contributed by atoms with Crippen LogP contribution in [0.25, 0.3) is 0 Å². The first kappa shape index (κ1) is 11.4. The summed E-state index contributed by atoms with van der Waals surface area (Å²) >= 11 is 7.43. The summed E-state index contributed by atoms with van der Waals surface area (Å²) in [5, 5.41) is 0. The van der Waals surface area contributed by atoms with E-state index in [2.05, 4.69) is 15.2 Å². The Hall–Kier alpha value is 1.36. The first-order valence-electron chi connectivity index (χ1n) is 2.55. The standard InChI is InChI=1S/C5H6BClPS.In.2H/c1-3-2-4(6-8)5(7)9-3;;;/h2H,8H2,1H3;;;. The van der Waals surface area contributed by atoms with Gasteiger partial charge in [-0.25, -0.2) is 0 Å². The molecule has 1 heterocycles. The predicted octanol–water partition coefficient (Wildman–Crippen LogP) is 0.913. The van der Waals surface area contributed by atoms with Crippen LogP contribution in [-0.2, 0) is 0 Å². The molecule has 0 aliphatic carbocycles. The number of rotatable bonds is 1. The molecule has 0 amide bonds. The monoisotopic (exact) mass is 292 g/mol. The van der Waals surface area contributed by atoms with Crippen LogP contribution < -0.4 is 5.46 Å². The molecule has 0 aliphatic rings. The van der Waals surface area contributed by atoms with Crippen LogP contribution in [0.4, 0.5) is 0 Å². The minimum atomic E-state index is 0. The third-order valence-electron chi connectivity index (χ3n) is 1.02. The van der Waals surface area contributed by atoms with Crippen molar-refractivity contribution in [3.8, 4) is 0 Å². The topological polar surface area (TPSA) is 0 Å². The van der Waals surface area contributed by atoms with Gasteiger partial charge in [-0.1, -0.05) is 23.1 Å². The van der Waals surface area contributed by atoms with E-state index in [0.717, 1.165) is 9.80 Å². The molecule has 2 radical (unpaired) electrons. The summed E-state index contributed by atoms with van der Waals surface area (Å²) in [5.74, 6) is 0. The fourth-order valence-electron chi connectivity index (χ4n) is 0.619. The number of thiophene rings is 1. The summed E-state index contributed by atoms with van der Waals surface area (Å²) in [7, 11) is 2.54. The van der Waals surface area contributed by atoms with Gasteiger partial charge in [-0.05, 0) is 6.92 Å². The number of aryl methyl sites for hydroxylation is 1. The van der Waals surface area contributed by atoms with E-state index in [-0.39, 0.29) is 25.8 Å². The zero-order valence-electron chi connectivity index (χ0n) is 6.02. The van der Waals surface area contributed by atoms with Gasteiger partial charge in [0.05, 0.1) is 4.34 Å². The Morgan fingerprint density at radius 3 is 2.50 bits per heavy atom. The quantitative estimate of drug-likeness (QED) is 0.533. The van der Waals surface area contributed by atoms with Crippen LogP contribution in [-0.4, -0.2) is 32.8 Å². The van der Waals surface area contributed by atoms with Gasteiger partial charge >= 0.3 is 25.8 Å². The van der Waals surface area contributed by atoms with Crippen molar-refractivity contribution in [2.24, 2.45) is 0 Å². The Morgan fingerprint density at radius 2 is 2.30 bits per heavy atom. The van der Waals surface area contributed by atoms with Crippen LogP contribution in [0.5, 0.6) is 0 Å². The van der Waals surface area contributed by atoms with E-state index in [1.54, 1.807) is 11.3 Å². The molecule has 1 aromatic rings. The summed E-state index contributed by atoms with van der Waals surface area (Å²) < 4.78 is 0.877. The molecule has 0 saturated heterocycles. The van der Waals surface area contributed by atoms with Gasteiger partial charge in [-0.15, -0.1) is 11.3 Å². The molecule has 1 aromatic heterocycles. The molecule has 0 N–H and O–H groups in total. The van der Waals surface area contributed by atoms with E-state index in [1.807, 2.05) is 13.9 Å². The molecule has 5 heteroatoms. The Balaban J connectivity index is 0.000000810. The maximum absolute atomic E-state index is 5.82. The summed E-state index contributed by atoms with van der Waals surface area (Å²) in [4.78, 5) is 1.26. The van der Waals surface area contributed by atoms with Crippen molar-refractivity contribution in [3.05, 3.63) is 15.3 Å². The molecule has 0 aliphatic heterocycles. The van der Waals surface area contributed by atoms with Crippen LogP contribution in [0, 0.1) is 6.92 Å². The van der Waals surface area contributed by atoms with Gasteiger partial charge in [0.25, 0.3) is 0 Å². The van der Waals surface area contributed by atoms with E-state index in [1.165, 1.54) is 4.88 Å². The van der Waals surface area contributed by atoms with Gasteiger partial charge in [0.15, 0.2) is 7.00 Å². The summed E-state index contributed by atoms with van der Waals surface area (Å²) in [6.45, 7) is 3.99. The Bertz CT molecular complexity index is 215. The fraction of sp³-hybridized carbons (Fsp3) is 0.200. The SMILES string of the molecule is Cc1cc([B]P)c(Cl)s1.[InH2]. The molecule has 0 saturated carbocycles. The van der Waals surface area contributed by atoms with Crippen molar-refractivity contribution in [1.29, 1.82) is 0 Å². The van der Waals surface area contributed by atoms with Crippen LogP contribution in [0.3, 0.4) is 0 Å². The zero-order valence-corrected chi connectivity index (χ0v) is 14.5. The molecule has 0 aromatic carbocycles. The van der Waals surface area contributed by atoms with Gasteiger partial charge in [-0.3, -0.25) is 0 Å². The average Bonchev–Trinajstić information content (AvgIpc) is 2.10. The molecule has 0 nitrogen and oxygen atoms in total. The second-order valence-electron chi connectivity index (χ2n) is 1.75. The second-order valence-corrected chi connectivity index (χ2v) is 3.94.